The van der Waals surface area contributed by atoms with Crippen LogP contribution >= 0.6 is 11.6 Å². The summed E-state index contributed by atoms with van der Waals surface area (Å²) < 4.78 is 0. The lowest BCUT2D eigenvalue weighted by molar-refractivity contribution is 0.297. The smallest absolute Gasteiger partial charge is 0.0594 e. The van der Waals surface area contributed by atoms with Gasteiger partial charge >= 0.3 is 0 Å². The van der Waals surface area contributed by atoms with Crippen molar-refractivity contribution < 1.29 is 5.21 Å². The predicted octanol–water partition coefficient (Wildman–Crippen LogP) is 5.37. The highest BCUT2D eigenvalue weighted by molar-refractivity contribution is 6.52. The molecule has 0 aliphatic heterocycles. The van der Waals surface area contributed by atoms with Gasteiger partial charge < -0.3 is 10.4 Å². The van der Waals surface area contributed by atoms with Crippen molar-refractivity contribution in [2.75, 3.05) is 5.23 Å². The zero-order valence-corrected chi connectivity index (χ0v) is 13.6. The summed E-state index contributed by atoms with van der Waals surface area (Å²) in [5.41, 5.74) is 4.35. The fourth-order valence-corrected chi connectivity index (χ4v) is 3.73. The molecule has 0 amide bonds. The largest absolute Gasteiger partial charge is 0.733 e. The summed E-state index contributed by atoms with van der Waals surface area (Å²) in [6.45, 7) is 0. The average Bonchev–Trinajstić information content (AvgIpc) is 3.01. The fourth-order valence-electron chi connectivity index (χ4n) is 3.44. The van der Waals surface area contributed by atoms with Crippen molar-refractivity contribution in [3.05, 3.63) is 82.1 Å². The van der Waals surface area contributed by atoms with Crippen LogP contribution in [0.5, 0.6) is 0 Å². The molecule has 0 unspecified atom stereocenters. The highest BCUT2D eigenvalue weighted by atomic mass is 35.5. The molecule has 0 radical (unpaired) electrons. The molecule has 0 fully saturated rings. The molecule has 0 saturated carbocycles. The lowest BCUT2D eigenvalue weighted by atomic mass is 9.97. The van der Waals surface area contributed by atoms with Crippen molar-refractivity contribution in [1.82, 2.24) is 0 Å². The van der Waals surface area contributed by atoms with E-state index in [0.29, 0.717) is 5.03 Å². The van der Waals surface area contributed by atoms with E-state index in [1.165, 1.54) is 11.1 Å². The fraction of sp³-hybridized carbons (Fsp3) is 0.100. The molecule has 0 aromatic heterocycles. The lowest BCUT2D eigenvalue weighted by Gasteiger charge is -2.25. The Morgan fingerprint density at radius 2 is 1.62 bits per heavy atom. The maximum Gasteiger partial charge on any atom is 0.0594 e. The summed E-state index contributed by atoms with van der Waals surface area (Å²) >= 11 is 6.58. The van der Waals surface area contributed by atoms with E-state index in [9.17, 15) is 10.4 Å². The molecule has 1 N–H and O–H groups in total. The molecule has 24 heavy (non-hydrogen) atoms. The van der Waals surface area contributed by atoms with Gasteiger partial charge in [0.05, 0.1) is 5.69 Å². The summed E-state index contributed by atoms with van der Waals surface area (Å²) in [5.74, 6) is 0. The molecule has 4 heteroatoms. The van der Waals surface area contributed by atoms with Crippen LogP contribution < -0.4 is 5.23 Å². The average molecular weight is 337 g/mol. The molecule has 1 aliphatic rings. The number of halogens is 1. The molecule has 3 aromatic rings. The maximum atomic E-state index is 11.6. The van der Waals surface area contributed by atoms with Crippen molar-refractivity contribution >= 4 is 39.2 Å². The number of aryl methyl sites for hydroxylation is 2. The van der Waals surface area contributed by atoms with Gasteiger partial charge in [-0.1, -0.05) is 60.1 Å². The number of benzene rings is 3. The molecule has 1 aliphatic carbocycles. The lowest BCUT2D eigenvalue weighted by Crippen LogP contribution is -2.08. The second kappa shape index (κ2) is 5.95. The first-order valence-electron chi connectivity index (χ1n) is 7.81. The number of hydrogen-bond donors (Lipinski definition) is 1. The minimum absolute atomic E-state index is 0.0720. The minimum Gasteiger partial charge on any atom is -0.733 e. The van der Waals surface area contributed by atoms with Gasteiger partial charge in [0.2, 0.25) is 0 Å². The molecule has 0 bridgehead atoms. The highest BCUT2D eigenvalue weighted by Gasteiger charge is 2.20. The van der Waals surface area contributed by atoms with E-state index in [-0.39, 0.29) is 10.9 Å². The minimum atomic E-state index is -0.0720. The number of rotatable bonds is 3. The Balaban J connectivity index is 1.98. The Hall–Kier alpha value is -2.33. The van der Waals surface area contributed by atoms with Gasteiger partial charge in [0.15, 0.2) is 0 Å². The van der Waals surface area contributed by atoms with Gasteiger partial charge in [0.1, 0.15) is 0 Å². The van der Waals surface area contributed by atoms with Crippen LogP contribution in [0.1, 0.15) is 22.3 Å². The van der Waals surface area contributed by atoms with E-state index < -0.39 is 0 Å². The Morgan fingerprint density at radius 1 is 0.958 bits per heavy atom. The topological polar surface area (TPSA) is 46.5 Å². The van der Waals surface area contributed by atoms with E-state index in [0.717, 1.165) is 34.7 Å². The summed E-state index contributed by atoms with van der Waals surface area (Å²) in [6.07, 6.45) is 3.76. The molecule has 120 valence electrons. The molecule has 4 rings (SSSR count). The molecule has 3 nitrogen and oxygen atoms in total. The Kier molecular flexibility index (Phi) is 3.77. The van der Waals surface area contributed by atoms with Crippen LogP contribution in [0.4, 0.5) is 5.69 Å². The molecule has 0 atom stereocenters. The van der Waals surface area contributed by atoms with E-state index >= 15 is 0 Å². The highest BCUT2D eigenvalue weighted by Crippen LogP contribution is 2.41. The quantitative estimate of drug-likeness (QED) is 0.516. The summed E-state index contributed by atoms with van der Waals surface area (Å²) in [6, 6.07) is 17.3. The van der Waals surface area contributed by atoms with E-state index in [1.54, 1.807) is 6.07 Å². The first-order chi connectivity index (χ1) is 11.6. The third kappa shape index (κ3) is 2.47. The molecule has 0 heterocycles. The Bertz CT molecular complexity index is 939. The van der Waals surface area contributed by atoms with E-state index in [4.69, 9.17) is 11.6 Å². The van der Waals surface area contributed by atoms with E-state index in [1.807, 2.05) is 48.5 Å². The molecule has 0 saturated heterocycles. The summed E-state index contributed by atoms with van der Waals surface area (Å²) in [7, 11) is 0. The van der Waals surface area contributed by atoms with Crippen LogP contribution in [-0.2, 0) is 12.8 Å². The summed E-state index contributed by atoms with van der Waals surface area (Å²) in [5, 5.41) is 23.4. The van der Waals surface area contributed by atoms with Gasteiger partial charge in [-0.2, -0.15) is 0 Å². The van der Waals surface area contributed by atoms with Crippen LogP contribution in [0.25, 0.3) is 21.9 Å². The zero-order valence-electron chi connectivity index (χ0n) is 12.9. The van der Waals surface area contributed by atoms with Gasteiger partial charge in [-0.25, -0.2) is 0 Å². The first kappa shape index (κ1) is 15.2. The van der Waals surface area contributed by atoms with Crippen LogP contribution in [0.15, 0.2) is 54.6 Å². The van der Waals surface area contributed by atoms with Gasteiger partial charge in [-0.3, -0.25) is 5.21 Å². The Labute approximate surface area is 144 Å². The van der Waals surface area contributed by atoms with Crippen LogP contribution in [0, 0.1) is 5.21 Å². The van der Waals surface area contributed by atoms with Crippen molar-refractivity contribution in [2.45, 2.75) is 12.8 Å². The van der Waals surface area contributed by atoms with Gasteiger partial charge in [-0.15, -0.1) is 0 Å². The normalized spacial score (nSPS) is 13.5. The second-order valence-corrected chi connectivity index (χ2v) is 6.35. The maximum absolute atomic E-state index is 11.6. The molecular weight excluding hydrogens is 322 g/mol. The molecular formula is C20H15ClNO2-. The van der Waals surface area contributed by atoms with Gasteiger partial charge in [0, 0.05) is 16.0 Å². The number of nitrogens with zero attached hydrogens (tertiary/aromatic N) is 1. The second-order valence-electron chi connectivity index (χ2n) is 5.94. The van der Waals surface area contributed by atoms with Crippen molar-refractivity contribution in [3.63, 3.8) is 0 Å². The monoisotopic (exact) mass is 336 g/mol. The van der Waals surface area contributed by atoms with Gasteiger partial charge in [-0.05, 0) is 47.1 Å². The Morgan fingerprint density at radius 3 is 2.29 bits per heavy atom. The molecule has 3 aromatic carbocycles. The van der Waals surface area contributed by atoms with Crippen molar-refractivity contribution in [1.29, 1.82) is 0 Å². The predicted molar refractivity (Wildman–Crippen MR) is 99.2 cm³/mol. The third-order valence-electron chi connectivity index (χ3n) is 4.53. The van der Waals surface area contributed by atoms with Crippen molar-refractivity contribution in [3.8, 4) is 0 Å². The number of anilines is 1. The zero-order chi connectivity index (χ0) is 16.7. The number of hydrogen-bond acceptors (Lipinski definition) is 3. The first-order valence-corrected chi connectivity index (χ1v) is 8.19. The van der Waals surface area contributed by atoms with Gasteiger partial charge in [0.25, 0.3) is 0 Å². The van der Waals surface area contributed by atoms with Crippen molar-refractivity contribution in [2.24, 2.45) is 0 Å². The van der Waals surface area contributed by atoms with Crippen LogP contribution in [0.2, 0.25) is 0 Å². The van der Waals surface area contributed by atoms with Crippen LogP contribution in [0.3, 0.4) is 0 Å². The SMILES string of the molecule is [O-]N(O)c1ccc2c3c(ccc(C(Cl)=Cc4ccccc4)c13)CC2. The third-order valence-corrected chi connectivity index (χ3v) is 4.84. The van der Waals surface area contributed by atoms with Crippen LogP contribution in [-0.4, -0.2) is 5.21 Å². The summed E-state index contributed by atoms with van der Waals surface area (Å²) in [4.78, 5) is 0. The van der Waals surface area contributed by atoms with E-state index in [2.05, 4.69) is 6.07 Å². The molecule has 0 spiro atoms. The standard InChI is InChI=1S/C20H15ClNO2/c21-17(12-13-4-2-1-3-5-13)16-10-8-14-6-7-15-9-11-18(22(23)24)20(16)19(14)15/h1-5,8-12,23H,6-7H2/q-1.